The SMILES string of the molecule is Cc1cnn(-c2ccc(-c3ccc(N(C)[C@@H]4C[C@H]5CC[C@@H](C4)N5)nn3)c(O)c2)c1. The smallest absolute Gasteiger partial charge is 0.151 e. The monoisotopic (exact) mass is 390 g/mol. The van der Waals surface area contributed by atoms with Crippen LogP contribution in [-0.4, -0.2) is 50.3 Å². The number of fused-ring (bicyclic) bond motifs is 2. The number of rotatable bonds is 4. The quantitative estimate of drug-likeness (QED) is 0.713. The number of anilines is 1. The summed E-state index contributed by atoms with van der Waals surface area (Å²) >= 11 is 0. The summed E-state index contributed by atoms with van der Waals surface area (Å²) in [6.45, 7) is 1.99. The third kappa shape index (κ3) is 3.46. The van der Waals surface area contributed by atoms with E-state index in [2.05, 4.69) is 32.6 Å². The summed E-state index contributed by atoms with van der Waals surface area (Å²) in [5, 5.41) is 27.4. The first-order valence-electron chi connectivity index (χ1n) is 10.2. The van der Waals surface area contributed by atoms with Gasteiger partial charge in [-0.2, -0.15) is 5.10 Å². The zero-order valence-electron chi connectivity index (χ0n) is 16.8. The normalized spacial score (nSPS) is 23.3. The lowest BCUT2D eigenvalue weighted by atomic mass is 9.98. The van der Waals surface area contributed by atoms with E-state index in [1.807, 2.05) is 37.4 Å². The molecule has 0 radical (unpaired) electrons. The Kier molecular flexibility index (Phi) is 4.47. The van der Waals surface area contributed by atoms with Gasteiger partial charge in [0.15, 0.2) is 5.82 Å². The molecular weight excluding hydrogens is 364 g/mol. The molecule has 0 saturated carbocycles. The van der Waals surface area contributed by atoms with Crippen LogP contribution >= 0.6 is 0 Å². The molecule has 3 aromatic rings. The number of aromatic hydroxyl groups is 1. The largest absolute Gasteiger partial charge is 0.507 e. The lowest BCUT2D eigenvalue weighted by Gasteiger charge is -2.36. The van der Waals surface area contributed by atoms with Gasteiger partial charge in [0.25, 0.3) is 0 Å². The van der Waals surface area contributed by atoms with E-state index >= 15 is 0 Å². The van der Waals surface area contributed by atoms with Gasteiger partial charge in [0, 0.05) is 43.0 Å². The summed E-state index contributed by atoms with van der Waals surface area (Å²) < 4.78 is 1.74. The van der Waals surface area contributed by atoms with Gasteiger partial charge >= 0.3 is 0 Å². The van der Waals surface area contributed by atoms with Crippen LogP contribution in [0.15, 0.2) is 42.7 Å². The van der Waals surface area contributed by atoms with Crippen molar-refractivity contribution in [3.05, 3.63) is 48.3 Å². The van der Waals surface area contributed by atoms with Gasteiger partial charge in [0.05, 0.1) is 17.6 Å². The highest BCUT2D eigenvalue weighted by molar-refractivity contribution is 5.69. The number of phenolic OH excluding ortho intramolecular Hbond substituents is 1. The predicted molar refractivity (Wildman–Crippen MR) is 112 cm³/mol. The second kappa shape index (κ2) is 7.15. The molecule has 3 atom stereocenters. The van der Waals surface area contributed by atoms with Crippen LogP contribution in [0.3, 0.4) is 0 Å². The number of piperidine rings is 1. The van der Waals surface area contributed by atoms with Crippen molar-refractivity contribution in [2.45, 2.75) is 50.7 Å². The van der Waals surface area contributed by atoms with E-state index in [4.69, 9.17) is 0 Å². The van der Waals surface area contributed by atoms with Crippen molar-refractivity contribution in [2.24, 2.45) is 0 Å². The first-order valence-corrected chi connectivity index (χ1v) is 10.2. The number of aromatic nitrogens is 4. The van der Waals surface area contributed by atoms with E-state index in [-0.39, 0.29) is 5.75 Å². The van der Waals surface area contributed by atoms with Gasteiger partial charge in [0.2, 0.25) is 0 Å². The number of nitrogens with zero attached hydrogens (tertiary/aromatic N) is 5. The molecule has 0 unspecified atom stereocenters. The van der Waals surface area contributed by atoms with Crippen molar-refractivity contribution in [3.8, 4) is 22.7 Å². The van der Waals surface area contributed by atoms with Gasteiger partial charge in [-0.05, 0) is 62.4 Å². The Balaban J connectivity index is 1.34. The molecule has 5 rings (SSSR count). The van der Waals surface area contributed by atoms with E-state index in [0.29, 0.717) is 29.4 Å². The zero-order chi connectivity index (χ0) is 20.0. The van der Waals surface area contributed by atoms with Crippen molar-refractivity contribution in [1.29, 1.82) is 0 Å². The number of aryl methyl sites for hydroxylation is 1. The van der Waals surface area contributed by atoms with Gasteiger partial charge in [0.1, 0.15) is 5.75 Å². The van der Waals surface area contributed by atoms with Crippen LogP contribution in [0.1, 0.15) is 31.2 Å². The fourth-order valence-electron chi connectivity index (χ4n) is 4.62. The van der Waals surface area contributed by atoms with Crippen molar-refractivity contribution >= 4 is 5.82 Å². The minimum atomic E-state index is 0.168. The second-order valence-electron chi connectivity index (χ2n) is 8.31. The molecule has 7 heteroatoms. The molecule has 0 aliphatic carbocycles. The number of nitrogens with one attached hydrogen (secondary N) is 1. The van der Waals surface area contributed by atoms with Crippen LogP contribution in [0.25, 0.3) is 16.9 Å². The Morgan fingerprint density at radius 3 is 2.52 bits per heavy atom. The average molecular weight is 390 g/mol. The van der Waals surface area contributed by atoms with Crippen LogP contribution in [0.4, 0.5) is 5.82 Å². The highest BCUT2D eigenvalue weighted by Gasteiger charge is 2.35. The minimum absolute atomic E-state index is 0.168. The van der Waals surface area contributed by atoms with Gasteiger partial charge in [-0.3, -0.25) is 0 Å². The lowest BCUT2D eigenvalue weighted by Crippen LogP contribution is -2.47. The average Bonchev–Trinajstić information content (AvgIpc) is 3.32. The Morgan fingerprint density at radius 1 is 1.10 bits per heavy atom. The highest BCUT2D eigenvalue weighted by atomic mass is 16.3. The number of phenols is 1. The molecule has 0 amide bonds. The summed E-state index contributed by atoms with van der Waals surface area (Å²) in [6.07, 6.45) is 8.60. The molecule has 2 fully saturated rings. The summed E-state index contributed by atoms with van der Waals surface area (Å²) in [7, 11) is 2.11. The second-order valence-corrected chi connectivity index (χ2v) is 8.31. The lowest BCUT2D eigenvalue weighted by molar-refractivity contribution is 0.353. The summed E-state index contributed by atoms with van der Waals surface area (Å²) in [6, 6.07) is 11.2. The summed E-state index contributed by atoms with van der Waals surface area (Å²) in [5.41, 5.74) is 3.21. The molecule has 1 aromatic carbocycles. The summed E-state index contributed by atoms with van der Waals surface area (Å²) in [4.78, 5) is 2.26. The molecule has 2 aromatic heterocycles. The van der Waals surface area contributed by atoms with Crippen LogP contribution in [0.2, 0.25) is 0 Å². The minimum Gasteiger partial charge on any atom is -0.507 e. The first-order chi connectivity index (χ1) is 14.1. The summed E-state index contributed by atoms with van der Waals surface area (Å²) in [5.74, 6) is 1.05. The van der Waals surface area contributed by atoms with E-state index in [1.54, 1.807) is 16.9 Å². The molecule has 150 valence electrons. The van der Waals surface area contributed by atoms with Gasteiger partial charge in [-0.25, -0.2) is 4.68 Å². The van der Waals surface area contributed by atoms with Crippen molar-refractivity contribution in [1.82, 2.24) is 25.3 Å². The molecule has 0 spiro atoms. The van der Waals surface area contributed by atoms with Crippen LogP contribution < -0.4 is 10.2 Å². The van der Waals surface area contributed by atoms with E-state index in [0.717, 1.165) is 29.9 Å². The topological polar surface area (TPSA) is 79.1 Å². The molecule has 29 heavy (non-hydrogen) atoms. The molecule has 2 aliphatic heterocycles. The van der Waals surface area contributed by atoms with Crippen LogP contribution in [0, 0.1) is 6.92 Å². The van der Waals surface area contributed by atoms with Gasteiger partial charge < -0.3 is 15.3 Å². The van der Waals surface area contributed by atoms with Gasteiger partial charge in [-0.15, -0.1) is 10.2 Å². The van der Waals surface area contributed by atoms with E-state index in [1.165, 1.54) is 12.8 Å². The Labute approximate surface area is 170 Å². The first kappa shape index (κ1) is 18.1. The molecule has 2 N–H and O–H groups in total. The fourth-order valence-corrected chi connectivity index (χ4v) is 4.62. The third-order valence-electron chi connectivity index (χ3n) is 6.24. The van der Waals surface area contributed by atoms with Gasteiger partial charge in [-0.1, -0.05) is 0 Å². The third-order valence-corrected chi connectivity index (χ3v) is 6.24. The maximum atomic E-state index is 10.5. The van der Waals surface area contributed by atoms with E-state index in [9.17, 15) is 5.11 Å². The molecule has 2 aliphatic rings. The maximum Gasteiger partial charge on any atom is 0.151 e. The zero-order valence-corrected chi connectivity index (χ0v) is 16.8. The van der Waals surface area contributed by atoms with E-state index < -0.39 is 0 Å². The Hall–Kier alpha value is -2.93. The van der Waals surface area contributed by atoms with Crippen molar-refractivity contribution < 1.29 is 5.11 Å². The molecule has 7 nitrogen and oxygen atoms in total. The number of hydrogen-bond donors (Lipinski definition) is 2. The number of hydrogen-bond acceptors (Lipinski definition) is 6. The Morgan fingerprint density at radius 2 is 1.90 bits per heavy atom. The molecule has 2 saturated heterocycles. The standard InChI is InChI=1S/C22H26N6O/c1-14-12-23-28(13-14)17-5-6-19(21(29)11-17)20-7-8-22(26-25-20)27(2)18-9-15-3-4-16(10-18)24-15/h5-8,11-13,15-16,18,24,29H,3-4,9-10H2,1-2H3/t15-,16+,18-. The van der Waals surface area contributed by atoms with Crippen molar-refractivity contribution in [2.75, 3.05) is 11.9 Å². The Bertz CT molecular complexity index is 1000. The number of benzene rings is 1. The molecule has 4 heterocycles. The predicted octanol–water partition coefficient (Wildman–Crippen LogP) is 3.06. The molecular formula is C22H26N6O. The highest BCUT2D eigenvalue weighted by Crippen LogP contribution is 2.32. The van der Waals surface area contributed by atoms with Crippen molar-refractivity contribution in [3.63, 3.8) is 0 Å². The molecule has 2 bridgehead atoms. The van der Waals surface area contributed by atoms with Crippen LogP contribution in [-0.2, 0) is 0 Å². The maximum absolute atomic E-state index is 10.5. The van der Waals surface area contributed by atoms with Crippen LogP contribution in [0.5, 0.6) is 5.75 Å². The fraction of sp³-hybridized carbons (Fsp3) is 0.409.